The lowest BCUT2D eigenvalue weighted by Crippen LogP contribution is -2.53. The van der Waals surface area contributed by atoms with Gasteiger partial charge >= 0.3 is 0 Å². The quantitative estimate of drug-likeness (QED) is 0.761. The standard InChI is InChI=1S/C15H25N3/c1-13-5-3-4-6-14(13)7-8-16-11-15-12-18(2)10-9-17-15/h3-6,15-17H,7-12H2,1-2H3. The summed E-state index contributed by atoms with van der Waals surface area (Å²) in [5.74, 6) is 0. The molecular formula is C15H25N3. The molecule has 1 saturated heterocycles. The number of rotatable bonds is 5. The molecule has 3 heteroatoms. The maximum atomic E-state index is 3.56. The fourth-order valence-electron chi connectivity index (χ4n) is 2.52. The molecule has 1 fully saturated rings. The number of likely N-dealkylation sites (N-methyl/N-ethyl adjacent to an activating group) is 1. The topological polar surface area (TPSA) is 27.3 Å². The van der Waals surface area contributed by atoms with Crippen LogP contribution in [0.2, 0.25) is 0 Å². The lowest BCUT2D eigenvalue weighted by Gasteiger charge is -2.31. The first kappa shape index (κ1) is 13.5. The maximum absolute atomic E-state index is 3.56. The van der Waals surface area contributed by atoms with Crippen LogP contribution in [-0.4, -0.2) is 50.7 Å². The van der Waals surface area contributed by atoms with Crippen LogP contribution in [0.15, 0.2) is 24.3 Å². The fourth-order valence-corrected chi connectivity index (χ4v) is 2.52. The average Bonchev–Trinajstić information content (AvgIpc) is 2.37. The zero-order valence-corrected chi connectivity index (χ0v) is 11.6. The number of nitrogens with zero attached hydrogens (tertiary/aromatic N) is 1. The number of piperazine rings is 1. The average molecular weight is 247 g/mol. The van der Waals surface area contributed by atoms with Crippen molar-refractivity contribution in [3.63, 3.8) is 0 Å². The molecular weight excluding hydrogens is 222 g/mol. The smallest absolute Gasteiger partial charge is 0.0320 e. The van der Waals surface area contributed by atoms with Crippen molar-refractivity contribution in [1.82, 2.24) is 15.5 Å². The van der Waals surface area contributed by atoms with E-state index < -0.39 is 0 Å². The summed E-state index contributed by atoms with van der Waals surface area (Å²) >= 11 is 0. The molecule has 0 bridgehead atoms. The first-order chi connectivity index (χ1) is 8.75. The van der Waals surface area contributed by atoms with Gasteiger partial charge in [0.1, 0.15) is 0 Å². The number of nitrogens with one attached hydrogen (secondary N) is 2. The van der Waals surface area contributed by atoms with Crippen molar-refractivity contribution in [3.05, 3.63) is 35.4 Å². The van der Waals surface area contributed by atoms with Gasteiger partial charge in [-0.1, -0.05) is 24.3 Å². The molecule has 1 aromatic carbocycles. The Morgan fingerprint density at radius 2 is 2.22 bits per heavy atom. The van der Waals surface area contributed by atoms with Gasteiger partial charge in [0.25, 0.3) is 0 Å². The van der Waals surface area contributed by atoms with E-state index in [9.17, 15) is 0 Å². The van der Waals surface area contributed by atoms with Crippen LogP contribution in [0.5, 0.6) is 0 Å². The van der Waals surface area contributed by atoms with Crippen molar-refractivity contribution in [2.75, 3.05) is 39.8 Å². The molecule has 1 aliphatic rings. The molecule has 0 aromatic heterocycles. The first-order valence-corrected chi connectivity index (χ1v) is 6.93. The van der Waals surface area contributed by atoms with Crippen LogP contribution in [0.1, 0.15) is 11.1 Å². The van der Waals surface area contributed by atoms with Crippen molar-refractivity contribution >= 4 is 0 Å². The Labute approximate surface area is 111 Å². The minimum absolute atomic E-state index is 0.598. The van der Waals surface area contributed by atoms with Crippen LogP contribution >= 0.6 is 0 Å². The van der Waals surface area contributed by atoms with Gasteiger partial charge in [-0.15, -0.1) is 0 Å². The molecule has 3 nitrogen and oxygen atoms in total. The monoisotopic (exact) mass is 247 g/mol. The van der Waals surface area contributed by atoms with Gasteiger partial charge in [0.05, 0.1) is 0 Å². The molecule has 2 rings (SSSR count). The van der Waals surface area contributed by atoms with Crippen molar-refractivity contribution in [2.24, 2.45) is 0 Å². The second-order valence-corrected chi connectivity index (χ2v) is 5.29. The van der Waals surface area contributed by atoms with Crippen LogP contribution in [0, 0.1) is 6.92 Å². The minimum Gasteiger partial charge on any atom is -0.315 e. The second kappa shape index (κ2) is 6.88. The van der Waals surface area contributed by atoms with Crippen LogP contribution < -0.4 is 10.6 Å². The van der Waals surface area contributed by atoms with Gasteiger partial charge in [0, 0.05) is 32.2 Å². The molecule has 1 aliphatic heterocycles. The van der Waals surface area contributed by atoms with Gasteiger partial charge in [0.2, 0.25) is 0 Å². The summed E-state index contributed by atoms with van der Waals surface area (Å²) in [6, 6.07) is 9.24. The largest absolute Gasteiger partial charge is 0.315 e. The van der Waals surface area contributed by atoms with Gasteiger partial charge in [-0.2, -0.15) is 0 Å². The van der Waals surface area contributed by atoms with Crippen molar-refractivity contribution in [3.8, 4) is 0 Å². The van der Waals surface area contributed by atoms with E-state index in [-0.39, 0.29) is 0 Å². The normalized spacial score (nSPS) is 21.1. The Balaban J connectivity index is 1.65. The Bertz CT molecular complexity index is 365. The van der Waals surface area contributed by atoms with E-state index >= 15 is 0 Å². The lowest BCUT2D eigenvalue weighted by molar-refractivity contribution is 0.235. The summed E-state index contributed by atoms with van der Waals surface area (Å²) in [6.07, 6.45) is 1.12. The zero-order chi connectivity index (χ0) is 12.8. The molecule has 100 valence electrons. The highest BCUT2D eigenvalue weighted by molar-refractivity contribution is 5.25. The van der Waals surface area contributed by atoms with Gasteiger partial charge < -0.3 is 15.5 Å². The molecule has 1 unspecified atom stereocenters. The molecule has 2 N–H and O–H groups in total. The lowest BCUT2D eigenvalue weighted by atomic mass is 10.1. The molecule has 1 heterocycles. The highest BCUT2D eigenvalue weighted by atomic mass is 15.2. The van der Waals surface area contributed by atoms with Crippen molar-refractivity contribution in [2.45, 2.75) is 19.4 Å². The molecule has 1 atom stereocenters. The third-order valence-corrected chi connectivity index (χ3v) is 3.68. The first-order valence-electron chi connectivity index (χ1n) is 6.93. The molecule has 1 aromatic rings. The maximum Gasteiger partial charge on any atom is 0.0320 e. The van der Waals surface area contributed by atoms with E-state index in [2.05, 4.69) is 53.8 Å². The minimum atomic E-state index is 0.598. The van der Waals surface area contributed by atoms with E-state index in [0.29, 0.717) is 6.04 Å². The molecule has 0 amide bonds. The number of hydrogen-bond donors (Lipinski definition) is 2. The van der Waals surface area contributed by atoms with E-state index in [1.807, 2.05) is 0 Å². The summed E-state index contributed by atoms with van der Waals surface area (Å²) in [7, 11) is 2.20. The summed E-state index contributed by atoms with van der Waals surface area (Å²) in [5.41, 5.74) is 2.86. The number of benzene rings is 1. The van der Waals surface area contributed by atoms with Gasteiger partial charge in [-0.05, 0) is 38.1 Å². The van der Waals surface area contributed by atoms with Crippen molar-refractivity contribution < 1.29 is 0 Å². The third-order valence-electron chi connectivity index (χ3n) is 3.68. The number of hydrogen-bond acceptors (Lipinski definition) is 3. The van der Waals surface area contributed by atoms with Crippen molar-refractivity contribution in [1.29, 1.82) is 0 Å². The summed E-state index contributed by atoms with van der Waals surface area (Å²) in [4.78, 5) is 2.39. The predicted octanol–water partition coefficient (Wildman–Crippen LogP) is 1.03. The predicted molar refractivity (Wildman–Crippen MR) is 77.0 cm³/mol. The summed E-state index contributed by atoms with van der Waals surface area (Å²) < 4.78 is 0. The van der Waals surface area contributed by atoms with E-state index in [1.165, 1.54) is 17.7 Å². The fraction of sp³-hybridized carbons (Fsp3) is 0.600. The Morgan fingerprint density at radius 3 is 3.00 bits per heavy atom. The Hall–Kier alpha value is -0.900. The van der Waals surface area contributed by atoms with Gasteiger partial charge in [0.15, 0.2) is 0 Å². The van der Waals surface area contributed by atoms with Gasteiger partial charge in [-0.3, -0.25) is 0 Å². The van der Waals surface area contributed by atoms with E-state index in [1.54, 1.807) is 0 Å². The zero-order valence-electron chi connectivity index (χ0n) is 11.6. The molecule has 0 radical (unpaired) electrons. The SMILES string of the molecule is Cc1ccccc1CCNCC1CN(C)CCN1. The molecule has 18 heavy (non-hydrogen) atoms. The van der Waals surface area contributed by atoms with Gasteiger partial charge in [-0.25, -0.2) is 0 Å². The molecule has 0 spiro atoms. The Kier molecular flexibility index (Phi) is 5.17. The Morgan fingerprint density at radius 1 is 1.39 bits per heavy atom. The van der Waals surface area contributed by atoms with E-state index in [4.69, 9.17) is 0 Å². The van der Waals surface area contributed by atoms with E-state index in [0.717, 1.165) is 32.6 Å². The van der Waals surface area contributed by atoms with Crippen LogP contribution in [0.4, 0.5) is 0 Å². The van der Waals surface area contributed by atoms with Crippen LogP contribution in [0.3, 0.4) is 0 Å². The second-order valence-electron chi connectivity index (χ2n) is 5.29. The highest BCUT2D eigenvalue weighted by Crippen LogP contribution is 2.06. The molecule has 0 aliphatic carbocycles. The van der Waals surface area contributed by atoms with Crippen LogP contribution in [-0.2, 0) is 6.42 Å². The molecule has 0 saturated carbocycles. The number of aryl methyl sites for hydroxylation is 1. The summed E-state index contributed by atoms with van der Waals surface area (Å²) in [6.45, 7) is 7.74. The third kappa shape index (κ3) is 4.09. The van der Waals surface area contributed by atoms with Crippen LogP contribution in [0.25, 0.3) is 0 Å². The highest BCUT2D eigenvalue weighted by Gasteiger charge is 2.15. The summed E-state index contributed by atoms with van der Waals surface area (Å²) in [5, 5.41) is 7.12.